The van der Waals surface area contributed by atoms with Crippen molar-refractivity contribution in [3.63, 3.8) is 0 Å². The topological polar surface area (TPSA) is 121 Å². The molecule has 0 spiro atoms. The molecule has 4 aliphatic rings. The van der Waals surface area contributed by atoms with E-state index in [-0.39, 0.29) is 29.8 Å². The second kappa shape index (κ2) is 8.87. The number of carbonyl (C=O) groups is 5. The summed E-state index contributed by atoms with van der Waals surface area (Å²) in [5, 5.41) is 10.9. The largest absolute Gasteiger partial charge is 0.508 e. The second-order valence-corrected chi connectivity index (χ2v) is 11.5. The first kappa shape index (κ1) is 26.5. The van der Waals surface area contributed by atoms with Crippen LogP contribution >= 0.6 is 23.2 Å². The third-order valence-corrected chi connectivity index (χ3v) is 9.91. The van der Waals surface area contributed by atoms with Gasteiger partial charge in [-0.15, -0.1) is 23.2 Å². The molecule has 5 amide bonds. The molecule has 2 aromatic carbocycles. The lowest BCUT2D eigenvalue weighted by Crippen LogP contribution is -2.60. The lowest BCUT2D eigenvalue weighted by atomic mass is 9.56. The summed E-state index contributed by atoms with van der Waals surface area (Å²) < 4.78 is 18.3. The number of carbonyl (C=O) groups excluding carboxylic acids is 5. The highest BCUT2D eigenvalue weighted by Gasteiger charge is 2.77. The number of rotatable bonds is 2. The SMILES string of the molecule is COC(=O)N1C(=O)C2CC=C3C(CC4(Cl)C(=O)N(c5ccc(F)cc5)C(=O)C4(Cl)C3c3ccccc3O)C2C1=O. The Kier molecular flexibility index (Phi) is 5.87. The summed E-state index contributed by atoms with van der Waals surface area (Å²) in [5.41, 5.74) is 0.685. The number of likely N-dealkylation sites (tertiary alicyclic amines) is 1. The number of aromatic hydroxyl groups is 1. The third kappa shape index (κ3) is 3.23. The minimum absolute atomic E-state index is 0.0423. The van der Waals surface area contributed by atoms with E-state index in [9.17, 15) is 33.5 Å². The van der Waals surface area contributed by atoms with Gasteiger partial charge in [-0.1, -0.05) is 29.8 Å². The lowest BCUT2D eigenvalue weighted by molar-refractivity contribution is -0.138. The van der Waals surface area contributed by atoms with Crippen LogP contribution in [-0.2, 0) is 23.9 Å². The van der Waals surface area contributed by atoms with Gasteiger partial charge in [-0.25, -0.2) is 14.1 Å². The van der Waals surface area contributed by atoms with Crippen LogP contribution < -0.4 is 4.90 Å². The summed E-state index contributed by atoms with van der Waals surface area (Å²) in [5.74, 6) is -8.19. The van der Waals surface area contributed by atoms with Crippen LogP contribution in [0.15, 0.2) is 60.2 Å². The molecule has 2 aromatic rings. The van der Waals surface area contributed by atoms with Gasteiger partial charge in [0.2, 0.25) is 11.8 Å². The van der Waals surface area contributed by atoms with Gasteiger partial charge in [0.1, 0.15) is 11.6 Å². The molecule has 3 fully saturated rings. The lowest BCUT2D eigenvalue weighted by Gasteiger charge is -2.50. The minimum atomic E-state index is -2.16. The molecule has 6 rings (SSSR count). The number of allylic oxidation sites excluding steroid dienone is 2. The zero-order valence-electron chi connectivity index (χ0n) is 20.8. The van der Waals surface area contributed by atoms with Crippen LogP contribution in [0, 0.1) is 23.6 Å². The molecule has 0 aromatic heterocycles. The fraction of sp³-hybridized carbons (Fsp3) is 0.321. The van der Waals surface area contributed by atoms with E-state index < -0.39 is 69.0 Å². The number of anilines is 1. The maximum atomic E-state index is 14.2. The van der Waals surface area contributed by atoms with Crippen molar-refractivity contribution in [2.45, 2.75) is 28.5 Å². The molecule has 0 radical (unpaired) electrons. The summed E-state index contributed by atoms with van der Waals surface area (Å²) in [4.78, 5) is 64.1. The van der Waals surface area contributed by atoms with Crippen LogP contribution in [0.25, 0.3) is 0 Å². The molecule has 6 atom stereocenters. The van der Waals surface area contributed by atoms with Crippen molar-refractivity contribution in [3.05, 3.63) is 71.6 Å². The van der Waals surface area contributed by atoms with Crippen LogP contribution in [0.1, 0.15) is 24.3 Å². The number of phenolic OH excluding ortho intramolecular Hbond substituents is 1. The molecular weight excluding hydrogens is 566 g/mol. The molecule has 206 valence electrons. The van der Waals surface area contributed by atoms with Crippen molar-refractivity contribution in [1.82, 2.24) is 4.90 Å². The predicted octanol–water partition coefficient (Wildman–Crippen LogP) is 3.86. The van der Waals surface area contributed by atoms with Crippen LogP contribution in [0.2, 0.25) is 0 Å². The Balaban J connectivity index is 1.56. The van der Waals surface area contributed by atoms with Crippen LogP contribution in [0.3, 0.4) is 0 Å². The van der Waals surface area contributed by atoms with Gasteiger partial charge in [0.05, 0.1) is 24.6 Å². The first-order valence-electron chi connectivity index (χ1n) is 12.4. The highest BCUT2D eigenvalue weighted by molar-refractivity contribution is 6.58. The van der Waals surface area contributed by atoms with Crippen LogP contribution in [0.5, 0.6) is 5.75 Å². The smallest absolute Gasteiger partial charge is 0.423 e. The molecule has 1 N–H and O–H groups in total. The fourth-order valence-electron chi connectivity index (χ4n) is 6.75. The molecule has 2 heterocycles. The third-order valence-electron chi connectivity index (χ3n) is 8.50. The number of hydrogen-bond donors (Lipinski definition) is 1. The molecule has 40 heavy (non-hydrogen) atoms. The van der Waals surface area contributed by atoms with Crippen LogP contribution in [-0.4, -0.2) is 56.6 Å². The number of fused-ring (bicyclic) bond motifs is 4. The summed E-state index contributed by atoms with van der Waals surface area (Å²) in [6, 6.07) is 10.8. The quantitative estimate of drug-likeness (QED) is 0.322. The molecular formula is C28H21Cl2FN2O7. The molecule has 9 nitrogen and oxygen atoms in total. The van der Waals surface area contributed by atoms with Crippen molar-refractivity contribution in [2.75, 3.05) is 12.0 Å². The Labute approximate surface area is 237 Å². The maximum Gasteiger partial charge on any atom is 0.423 e. The van der Waals surface area contributed by atoms with Crippen LogP contribution in [0.4, 0.5) is 14.9 Å². The first-order valence-corrected chi connectivity index (χ1v) is 13.2. The zero-order chi connectivity index (χ0) is 28.7. The van der Waals surface area contributed by atoms with Crippen molar-refractivity contribution in [2.24, 2.45) is 17.8 Å². The average molecular weight is 587 g/mol. The second-order valence-electron chi connectivity index (χ2n) is 10.3. The van der Waals surface area contributed by atoms with Crippen molar-refractivity contribution >= 4 is 58.6 Å². The Morgan fingerprint density at radius 1 is 1.00 bits per heavy atom. The molecule has 12 heteroatoms. The number of halogens is 3. The number of hydrogen-bond acceptors (Lipinski definition) is 7. The minimum Gasteiger partial charge on any atom is -0.508 e. The maximum absolute atomic E-state index is 14.2. The number of benzene rings is 2. The average Bonchev–Trinajstić information content (AvgIpc) is 3.27. The van der Waals surface area contributed by atoms with Crippen molar-refractivity contribution < 1.29 is 38.2 Å². The molecule has 1 saturated carbocycles. The van der Waals surface area contributed by atoms with Gasteiger partial charge >= 0.3 is 6.09 Å². The van der Waals surface area contributed by atoms with E-state index in [1.165, 1.54) is 24.3 Å². The van der Waals surface area contributed by atoms with Gasteiger partial charge in [-0.05, 0) is 49.1 Å². The van der Waals surface area contributed by atoms with Crippen molar-refractivity contribution in [3.8, 4) is 5.75 Å². The Morgan fingerprint density at radius 2 is 1.68 bits per heavy atom. The van der Waals surface area contributed by atoms with E-state index >= 15 is 0 Å². The Bertz CT molecular complexity index is 1550. The highest BCUT2D eigenvalue weighted by atomic mass is 35.5. The van der Waals surface area contributed by atoms with Gasteiger partial charge in [0, 0.05) is 11.5 Å². The van der Waals surface area contributed by atoms with E-state index in [1.807, 2.05) is 0 Å². The van der Waals surface area contributed by atoms with E-state index in [1.54, 1.807) is 18.2 Å². The van der Waals surface area contributed by atoms with Gasteiger partial charge < -0.3 is 9.84 Å². The van der Waals surface area contributed by atoms with E-state index in [4.69, 9.17) is 23.2 Å². The summed E-state index contributed by atoms with van der Waals surface area (Å²) in [6.07, 6.45) is 0.283. The van der Waals surface area contributed by atoms with Gasteiger partial charge in [-0.2, -0.15) is 4.90 Å². The van der Waals surface area contributed by atoms with Crippen molar-refractivity contribution in [1.29, 1.82) is 0 Å². The Hall–Kier alpha value is -3.76. The normalized spacial score (nSPS) is 33.0. The molecule has 2 aliphatic heterocycles. The number of ether oxygens (including phenoxy) is 1. The number of nitrogens with zero attached hydrogens (tertiary/aromatic N) is 2. The fourth-order valence-corrected chi connectivity index (χ4v) is 7.67. The van der Waals surface area contributed by atoms with Gasteiger partial charge in [0.25, 0.3) is 11.8 Å². The predicted molar refractivity (Wildman–Crippen MR) is 139 cm³/mol. The number of imide groups is 4. The van der Waals surface area contributed by atoms with Gasteiger partial charge in [0.15, 0.2) is 9.75 Å². The molecule has 2 saturated heterocycles. The van der Waals surface area contributed by atoms with E-state index in [2.05, 4.69) is 4.74 Å². The standard InChI is InChI=1S/C28H21Cl2FN2O7/c1-40-26(39)33-22(35)17-11-10-15-18(20(17)23(33)36)12-27(29)24(37)32(14-8-6-13(31)7-9-14)25(38)28(27,30)21(15)16-4-2-3-5-19(16)34/h2-10,17-18,20-21,34H,11-12H2,1H3. The molecule has 2 aliphatic carbocycles. The summed E-state index contributed by atoms with van der Waals surface area (Å²) >= 11 is 14.4. The van der Waals surface area contributed by atoms with Gasteiger partial charge in [-0.3, -0.25) is 19.2 Å². The summed E-state index contributed by atoms with van der Waals surface area (Å²) in [7, 11) is 1.05. The highest BCUT2D eigenvalue weighted by Crippen LogP contribution is 2.66. The summed E-state index contributed by atoms with van der Waals surface area (Å²) in [6.45, 7) is 0. The van der Waals surface area contributed by atoms with E-state index in [0.717, 1.165) is 24.1 Å². The Morgan fingerprint density at radius 3 is 2.33 bits per heavy atom. The molecule has 6 unspecified atom stereocenters. The van der Waals surface area contributed by atoms with E-state index in [0.29, 0.717) is 10.5 Å². The zero-order valence-corrected chi connectivity index (χ0v) is 22.4. The number of phenols is 1. The number of para-hydroxylation sites is 1. The number of methoxy groups -OCH3 is 1. The molecule has 0 bridgehead atoms. The number of amides is 5. The number of alkyl halides is 2. The first-order chi connectivity index (χ1) is 19.0. The monoisotopic (exact) mass is 586 g/mol.